The van der Waals surface area contributed by atoms with E-state index in [0.29, 0.717) is 36.7 Å². The topological polar surface area (TPSA) is 73.7 Å². The van der Waals surface area contributed by atoms with Gasteiger partial charge in [0.15, 0.2) is 23.0 Å². The van der Waals surface area contributed by atoms with Crippen LogP contribution < -0.4 is 9.47 Å². The fourth-order valence-electron chi connectivity index (χ4n) is 5.53. The molecule has 1 unspecified atom stereocenters. The lowest BCUT2D eigenvalue weighted by Gasteiger charge is -2.25. The Labute approximate surface area is 233 Å². The van der Waals surface area contributed by atoms with Gasteiger partial charge in [0, 0.05) is 41.7 Å². The van der Waals surface area contributed by atoms with Gasteiger partial charge in [-0.25, -0.2) is 4.68 Å². The summed E-state index contributed by atoms with van der Waals surface area (Å²) in [5.41, 5.74) is 4.04. The molecule has 1 amide bonds. The summed E-state index contributed by atoms with van der Waals surface area (Å²) >= 11 is 1.55. The molecule has 0 radical (unpaired) electrons. The van der Waals surface area contributed by atoms with Crippen LogP contribution in [0.4, 0.5) is 0 Å². The summed E-state index contributed by atoms with van der Waals surface area (Å²) < 4.78 is 12.8. The summed E-state index contributed by atoms with van der Waals surface area (Å²) in [4.78, 5) is 28.4. The van der Waals surface area contributed by atoms with Crippen LogP contribution in [-0.4, -0.2) is 53.7 Å². The van der Waals surface area contributed by atoms with E-state index in [-0.39, 0.29) is 23.5 Å². The lowest BCUT2D eigenvalue weighted by Crippen LogP contribution is -2.35. The largest absolute Gasteiger partial charge is 0.493 e. The summed E-state index contributed by atoms with van der Waals surface area (Å²) in [7, 11) is 3.24. The van der Waals surface area contributed by atoms with E-state index >= 15 is 0 Å². The van der Waals surface area contributed by atoms with Crippen molar-refractivity contribution in [3.8, 4) is 11.5 Å². The van der Waals surface area contributed by atoms with Crippen molar-refractivity contribution in [2.24, 2.45) is 11.8 Å². The summed E-state index contributed by atoms with van der Waals surface area (Å²) in [6.07, 6.45) is 10.2. The molecular weight excluding hydrogens is 510 g/mol. The molecule has 0 N–H and O–H groups in total. The molecule has 2 atom stereocenters. The van der Waals surface area contributed by atoms with Gasteiger partial charge in [0.1, 0.15) is 0 Å². The molecule has 1 aromatic carbocycles. The highest BCUT2D eigenvalue weighted by Gasteiger charge is 2.30. The van der Waals surface area contributed by atoms with Crippen LogP contribution in [0, 0.1) is 11.8 Å². The number of carbonyl (C=O) groups is 2. The van der Waals surface area contributed by atoms with Gasteiger partial charge in [-0.15, -0.1) is 0 Å². The Kier molecular flexibility index (Phi) is 8.31. The van der Waals surface area contributed by atoms with Gasteiger partial charge in [-0.2, -0.15) is 16.4 Å². The number of benzene rings is 1. The molecule has 5 rings (SSSR count). The zero-order chi connectivity index (χ0) is 27.4. The first-order valence-corrected chi connectivity index (χ1v) is 14.5. The standard InChI is InChI=1S/C31H35N3O4S/c1-21-19-33(14-7-8-22(21)16-28(35)24-13-15-39-20-24)31(36)26-18-25-9-5-4-6-10-27(34(25)32-26)23-11-12-29(37-2)30(17-23)38-3/h4,6,10-13,15,17-18,20-22H,5,7-9,14,16,19H2,1-3H3/b6-4-,27-10-/t21-,22?/m0/s1. The van der Waals surface area contributed by atoms with Crippen molar-refractivity contribution >= 4 is 28.7 Å². The summed E-state index contributed by atoms with van der Waals surface area (Å²) in [6.45, 7) is 3.46. The minimum absolute atomic E-state index is 0.0504. The highest BCUT2D eigenvalue weighted by molar-refractivity contribution is 7.08. The summed E-state index contributed by atoms with van der Waals surface area (Å²) in [5, 5.41) is 8.70. The number of likely N-dealkylation sites (tertiary alicyclic amines) is 1. The van der Waals surface area contributed by atoms with Crippen molar-refractivity contribution in [3.63, 3.8) is 0 Å². The number of ketones is 1. The number of amides is 1. The van der Waals surface area contributed by atoms with Crippen LogP contribution in [0.25, 0.3) is 5.70 Å². The first kappa shape index (κ1) is 26.9. The fraction of sp³-hybridized carbons (Fsp3) is 0.387. The summed E-state index contributed by atoms with van der Waals surface area (Å²) in [6, 6.07) is 9.62. The Morgan fingerprint density at radius 2 is 1.97 bits per heavy atom. The Morgan fingerprint density at radius 3 is 2.74 bits per heavy atom. The predicted molar refractivity (Wildman–Crippen MR) is 154 cm³/mol. The maximum Gasteiger partial charge on any atom is 0.274 e. The molecule has 8 heteroatoms. The molecule has 0 aliphatic carbocycles. The van der Waals surface area contributed by atoms with Gasteiger partial charge in [0.05, 0.1) is 19.9 Å². The van der Waals surface area contributed by atoms with Gasteiger partial charge in [0.2, 0.25) is 0 Å². The van der Waals surface area contributed by atoms with E-state index in [1.807, 2.05) is 62.8 Å². The van der Waals surface area contributed by atoms with Crippen LogP contribution in [0.2, 0.25) is 0 Å². The average molecular weight is 546 g/mol. The Bertz CT molecular complexity index is 1390. The van der Waals surface area contributed by atoms with Crippen molar-refractivity contribution < 1.29 is 19.1 Å². The maximum atomic E-state index is 13.7. The van der Waals surface area contributed by atoms with E-state index in [0.717, 1.165) is 48.2 Å². The number of allylic oxidation sites excluding steroid dienone is 3. The second-order valence-electron chi connectivity index (χ2n) is 10.3. The van der Waals surface area contributed by atoms with E-state index in [9.17, 15) is 9.59 Å². The smallest absolute Gasteiger partial charge is 0.274 e. The van der Waals surface area contributed by atoms with Gasteiger partial charge >= 0.3 is 0 Å². The molecule has 2 aliphatic heterocycles. The molecule has 1 fully saturated rings. The van der Waals surface area contributed by atoms with Crippen LogP contribution in [0.1, 0.15) is 64.7 Å². The highest BCUT2D eigenvalue weighted by atomic mass is 32.1. The number of ether oxygens (including phenoxy) is 2. The SMILES string of the molecule is COc1ccc(/C2=C/C=C\CCc3cc(C(=O)N4CCCC(CC(=O)c5ccsc5)[C@@H](C)C4)nn32)cc1OC. The monoisotopic (exact) mass is 545 g/mol. The molecule has 3 aromatic rings. The third-order valence-electron chi connectivity index (χ3n) is 7.76. The van der Waals surface area contributed by atoms with Gasteiger partial charge in [-0.05, 0) is 79.3 Å². The zero-order valence-electron chi connectivity index (χ0n) is 22.8. The van der Waals surface area contributed by atoms with Crippen LogP contribution in [0.15, 0.2) is 59.3 Å². The maximum absolute atomic E-state index is 13.7. The molecule has 2 aliphatic rings. The second-order valence-corrected chi connectivity index (χ2v) is 11.1. The average Bonchev–Trinajstić information content (AvgIpc) is 3.58. The van der Waals surface area contributed by atoms with Gasteiger partial charge < -0.3 is 14.4 Å². The lowest BCUT2D eigenvalue weighted by atomic mass is 9.85. The highest BCUT2D eigenvalue weighted by Crippen LogP contribution is 2.33. The van der Waals surface area contributed by atoms with Gasteiger partial charge in [-0.1, -0.05) is 19.1 Å². The molecule has 0 bridgehead atoms. The number of hydrogen-bond donors (Lipinski definition) is 0. The van der Waals surface area contributed by atoms with Crippen LogP contribution in [-0.2, 0) is 6.42 Å². The molecule has 0 saturated carbocycles. The normalized spacial score (nSPS) is 21.5. The minimum Gasteiger partial charge on any atom is -0.493 e. The summed E-state index contributed by atoms with van der Waals surface area (Å²) in [5.74, 6) is 1.94. The van der Waals surface area contributed by atoms with Gasteiger partial charge in [0.25, 0.3) is 5.91 Å². The third-order valence-corrected chi connectivity index (χ3v) is 8.44. The number of hydrogen-bond acceptors (Lipinski definition) is 6. The van der Waals surface area contributed by atoms with Crippen molar-refractivity contribution in [3.05, 3.63) is 81.8 Å². The van der Waals surface area contributed by atoms with Crippen molar-refractivity contribution in [2.75, 3.05) is 27.3 Å². The number of aromatic nitrogens is 2. The molecule has 0 spiro atoms. The number of fused-ring (bicyclic) bond motifs is 1. The van der Waals surface area contributed by atoms with E-state index in [2.05, 4.69) is 13.0 Å². The van der Waals surface area contributed by atoms with Crippen molar-refractivity contribution in [1.82, 2.24) is 14.7 Å². The first-order valence-electron chi connectivity index (χ1n) is 13.5. The predicted octanol–water partition coefficient (Wildman–Crippen LogP) is 6.11. The van der Waals surface area contributed by atoms with Crippen LogP contribution in [0.5, 0.6) is 11.5 Å². The van der Waals surface area contributed by atoms with Crippen LogP contribution >= 0.6 is 11.3 Å². The number of carbonyl (C=O) groups excluding carboxylic acids is 2. The number of methoxy groups -OCH3 is 2. The number of rotatable bonds is 7. The second kappa shape index (κ2) is 12.0. The van der Waals surface area contributed by atoms with Crippen molar-refractivity contribution in [1.29, 1.82) is 0 Å². The number of thiophene rings is 1. The van der Waals surface area contributed by atoms with E-state index < -0.39 is 0 Å². The van der Waals surface area contributed by atoms with E-state index in [1.54, 1.807) is 25.6 Å². The molecule has 39 heavy (non-hydrogen) atoms. The quantitative estimate of drug-likeness (QED) is 0.335. The minimum atomic E-state index is -0.0504. The van der Waals surface area contributed by atoms with E-state index in [4.69, 9.17) is 14.6 Å². The number of aryl methyl sites for hydroxylation is 1. The Hall–Kier alpha value is -3.65. The molecule has 7 nitrogen and oxygen atoms in total. The molecule has 4 heterocycles. The molecule has 204 valence electrons. The lowest BCUT2D eigenvalue weighted by molar-refractivity contribution is 0.0730. The number of Topliss-reactive ketones (excluding diaryl/α,β-unsaturated/α-hetero) is 1. The third kappa shape index (κ3) is 5.86. The van der Waals surface area contributed by atoms with Crippen molar-refractivity contribution in [2.45, 2.75) is 39.0 Å². The fourth-order valence-corrected chi connectivity index (χ4v) is 6.19. The Morgan fingerprint density at radius 1 is 1.13 bits per heavy atom. The Balaban J connectivity index is 1.36. The zero-order valence-corrected chi connectivity index (χ0v) is 23.6. The van der Waals surface area contributed by atoms with Crippen LogP contribution in [0.3, 0.4) is 0 Å². The first-order chi connectivity index (χ1) is 19.0. The number of nitrogens with zero attached hydrogens (tertiary/aromatic N) is 3. The molecule has 2 aromatic heterocycles. The molecular formula is C31H35N3O4S. The van der Waals surface area contributed by atoms with E-state index in [1.165, 1.54) is 0 Å². The van der Waals surface area contributed by atoms with Gasteiger partial charge in [-0.3, -0.25) is 9.59 Å². The molecule has 1 saturated heterocycles.